The molecule has 1 saturated heterocycles. The van der Waals surface area contributed by atoms with Crippen molar-refractivity contribution >= 4 is 29.6 Å². The fraction of sp³-hybridized carbons (Fsp3) is 0.412. The lowest BCUT2D eigenvalue weighted by molar-refractivity contribution is -0.131. The van der Waals surface area contributed by atoms with Gasteiger partial charge in [0.25, 0.3) is 5.91 Å². The molecule has 0 radical (unpaired) electrons. The van der Waals surface area contributed by atoms with Gasteiger partial charge in [0.15, 0.2) is 0 Å². The fourth-order valence-corrected chi connectivity index (χ4v) is 2.52. The van der Waals surface area contributed by atoms with Gasteiger partial charge in [-0.1, -0.05) is 17.7 Å². The molecule has 1 aromatic rings. The molecule has 8 heteroatoms. The summed E-state index contributed by atoms with van der Waals surface area (Å²) in [6, 6.07) is 5.07. The first-order valence-corrected chi connectivity index (χ1v) is 8.02. The topological polar surface area (TPSA) is 98.8 Å². The molecular formula is C17H22N4O4. The van der Waals surface area contributed by atoms with Crippen molar-refractivity contribution < 1.29 is 19.2 Å². The van der Waals surface area contributed by atoms with E-state index in [2.05, 4.69) is 10.6 Å². The molecule has 6 amide bonds. The standard InChI is InChI=1S/C17H22N4O4/c1-10(2)18-16(24)19-14(22)9-20-15(23)12(4)21(17(20)25)13-7-5-11(3)6-8-13/h5-8,10,12H,9H2,1-4H3,(H2,18,19,22,24). The van der Waals surface area contributed by atoms with E-state index in [1.54, 1.807) is 32.9 Å². The summed E-state index contributed by atoms with van der Waals surface area (Å²) in [7, 11) is 0. The number of carbonyl (C=O) groups is 4. The number of benzene rings is 1. The number of carbonyl (C=O) groups excluding carboxylic acids is 4. The first-order chi connectivity index (χ1) is 11.7. The summed E-state index contributed by atoms with van der Waals surface area (Å²) in [5, 5.41) is 4.60. The van der Waals surface area contributed by atoms with Crippen LogP contribution in [0.5, 0.6) is 0 Å². The Bertz CT molecular complexity index is 699. The molecule has 1 atom stereocenters. The van der Waals surface area contributed by atoms with E-state index in [-0.39, 0.29) is 6.04 Å². The van der Waals surface area contributed by atoms with Gasteiger partial charge >= 0.3 is 12.1 Å². The van der Waals surface area contributed by atoms with Crippen LogP contribution in [0.25, 0.3) is 0 Å². The van der Waals surface area contributed by atoms with E-state index in [1.165, 1.54) is 4.90 Å². The zero-order valence-corrected chi connectivity index (χ0v) is 14.7. The molecule has 1 heterocycles. The van der Waals surface area contributed by atoms with Gasteiger partial charge < -0.3 is 5.32 Å². The molecule has 0 aromatic heterocycles. The van der Waals surface area contributed by atoms with Gasteiger partial charge in [-0.15, -0.1) is 0 Å². The van der Waals surface area contributed by atoms with Crippen LogP contribution < -0.4 is 15.5 Å². The number of hydrogen-bond donors (Lipinski definition) is 2. The van der Waals surface area contributed by atoms with E-state index in [4.69, 9.17) is 0 Å². The van der Waals surface area contributed by atoms with Crippen molar-refractivity contribution in [1.82, 2.24) is 15.5 Å². The molecule has 25 heavy (non-hydrogen) atoms. The summed E-state index contributed by atoms with van der Waals surface area (Å²) in [6.45, 7) is 6.51. The zero-order valence-electron chi connectivity index (χ0n) is 14.7. The minimum atomic E-state index is -0.724. The SMILES string of the molecule is Cc1ccc(N2C(=O)N(CC(=O)NC(=O)NC(C)C)C(=O)C2C)cc1. The number of hydrogen-bond acceptors (Lipinski definition) is 4. The average molecular weight is 346 g/mol. The van der Waals surface area contributed by atoms with Gasteiger partial charge in [0.05, 0.1) is 0 Å². The Labute approximate surface area is 146 Å². The Morgan fingerprint density at radius 2 is 1.76 bits per heavy atom. The molecule has 1 aliphatic rings. The predicted octanol–water partition coefficient (Wildman–Crippen LogP) is 1.39. The number of amides is 6. The van der Waals surface area contributed by atoms with Crippen LogP contribution in [0.3, 0.4) is 0 Å². The number of rotatable bonds is 4. The van der Waals surface area contributed by atoms with Gasteiger partial charge in [-0.25, -0.2) is 9.59 Å². The summed E-state index contributed by atoms with van der Waals surface area (Å²) in [4.78, 5) is 50.6. The fourth-order valence-electron chi connectivity index (χ4n) is 2.52. The second-order valence-corrected chi connectivity index (χ2v) is 6.26. The summed E-state index contributed by atoms with van der Waals surface area (Å²) in [5.41, 5.74) is 1.61. The van der Waals surface area contributed by atoms with Crippen molar-refractivity contribution in [2.24, 2.45) is 0 Å². The molecule has 1 unspecified atom stereocenters. The molecule has 2 rings (SSSR count). The first-order valence-electron chi connectivity index (χ1n) is 8.02. The molecule has 0 bridgehead atoms. The molecular weight excluding hydrogens is 324 g/mol. The van der Waals surface area contributed by atoms with Gasteiger partial charge in [0.2, 0.25) is 5.91 Å². The Morgan fingerprint density at radius 1 is 1.16 bits per heavy atom. The number of imide groups is 2. The van der Waals surface area contributed by atoms with Gasteiger partial charge in [-0.3, -0.25) is 24.7 Å². The van der Waals surface area contributed by atoms with E-state index < -0.39 is 36.5 Å². The van der Waals surface area contributed by atoms with Gasteiger partial charge in [-0.05, 0) is 39.8 Å². The maximum atomic E-state index is 12.6. The van der Waals surface area contributed by atoms with Crippen molar-refractivity contribution in [2.75, 3.05) is 11.4 Å². The summed E-state index contributed by atoms with van der Waals surface area (Å²) >= 11 is 0. The van der Waals surface area contributed by atoms with Crippen molar-refractivity contribution in [3.63, 3.8) is 0 Å². The molecule has 1 aliphatic heterocycles. The molecule has 2 N–H and O–H groups in total. The van der Waals surface area contributed by atoms with E-state index in [9.17, 15) is 19.2 Å². The highest BCUT2D eigenvalue weighted by molar-refractivity contribution is 6.15. The van der Waals surface area contributed by atoms with Crippen LogP contribution in [0.4, 0.5) is 15.3 Å². The van der Waals surface area contributed by atoms with E-state index >= 15 is 0 Å². The predicted molar refractivity (Wildman–Crippen MR) is 92.0 cm³/mol. The number of aryl methyl sites for hydroxylation is 1. The normalized spacial score (nSPS) is 17.2. The number of anilines is 1. The Kier molecular flexibility index (Phi) is 5.41. The lowest BCUT2D eigenvalue weighted by Gasteiger charge is -2.19. The maximum Gasteiger partial charge on any atom is 0.332 e. The highest BCUT2D eigenvalue weighted by Gasteiger charge is 2.44. The number of nitrogens with zero attached hydrogens (tertiary/aromatic N) is 2. The first kappa shape index (κ1) is 18.4. The van der Waals surface area contributed by atoms with Gasteiger partial charge in [0.1, 0.15) is 12.6 Å². The van der Waals surface area contributed by atoms with Crippen LogP contribution in [-0.4, -0.2) is 47.4 Å². The molecule has 0 spiro atoms. The van der Waals surface area contributed by atoms with Crippen LogP contribution >= 0.6 is 0 Å². The van der Waals surface area contributed by atoms with Crippen LogP contribution in [0.15, 0.2) is 24.3 Å². The average Bonchev–Trinajstić information content (AvgIpc) is 2.71. The third-order valence-electron chi connectivity index (χ3n) is 3.73. The lowest BCUT2D eigenvalue weighted by atomic mass is 10.2. The van der Waals surface area contributed by atoms with Crippen LogP contribution in [0.2, 0.25) is 0 Å². The quantitative estimate of drug-likeness (QED) is 0.805. The van der Waals surface area contributed by atoms with Crippen molar-refractivity contribution in [3.05, 3.63) is 29.8 Å². The number of urea groups is 2. The Balaban J connectivity index is 2.08. The second-order valence-electron chi connectivity index (χ2n) is 6.26. The van der Waals surface area contributed by atoms with Crippen molar-refractivity contribution in [1.29, 1.82) is 0 Å². The molecule has 1 aromatic carbocycles. The van der Waals surface area contributed by atoms with E-state index in [0.717, 1.165) is 10.5 Å². The van der Waals surface area contributed by atoms with E-state index in [0.29, 0.717) is 5.69 Å². The lowest BCUT2D eigenvalue weighted by Crippen LogP contribution is -2.47. The third-order valence-corrected chi connectivity index (χ3v) is 3.73. The highest BCUT2D eigenvalue weighted by atomic mass is 16.2. The van der Waals surface area contributed by atoms with Crippen molar-refractivity contribution in [2.45, 2.75) is 39.8 Å². The zero-order chi connectivity index (χ0) is 18.7. The molecule has 1 fully saturated rings. The number of nitrogens with one attached hydrogen (secondary N) is 2. The monoisotopic (exact) mass is 346 g/mol. The van der Waals surface area contributed by atoms with Crippen LogP contribution in [0, 0.1) is 6.92 Å². The maximum absolute atomic E-state index is 12.6. The van der Waals surface area contributed by atoms with Crippen LogP contribution in [-0.2, 0) is 9.59 Å². The smallest absolute Gasteiger partial charge is 0.332 e. The Hall–Kier alpha value is -2.90. The van der Waals surface area contributed by atoms with Crippen molar-refractivity contribution in [3.8, 4) is 0 Å². The minimum Gasteiger partial charge on any atom is -0.336 e. The molecule has 0 aliphatic carbocycles. The van der Waals surface area contributed by atoms with Gasteiger partial charge in [-0.2, -0.15) is 0 Å². The van der Waals surface area contributed by atoms with Gasteiger partial charge in [0, 0.05) is 11.7 Å². The summed E-state index contributed by atoms with van der Waals surface area (Å²) in [6.07, 6.45) is 0. The molecule has 134 valence electrons. The third kappa shape index (κ3) is 4.14. The summed E-state index contributed by atoms with van der Waals surface area (Å²) < 4.78 is 0. The van der Waals surface area contributed by atoms with Crippen LogP contribution in [0.1, 0.15) is 26.3 Å². The molecule has 8 nitrogen and oxygen atoms in total. The minimum absolute atomic E-state index is 0.139. The second kappa shape index (κ2) is 7.33. The highest BCUT2D eigenvalue weighted by Crippen LogP contribution is 2.25. The molecule has 0 saturated carbocycles. The Morgan fingerprint density at radius 3 is 2.32 bits per heavy atom. The van der Waals surface area contributed by atoms with E-state index in [1.807, 2.05) is 19.1 Å². The summed E-state index contributed by atoms with van der Waals surface area (Å²) in [5.74, 6) is -1.21. The largest absolute Gasteiger partial charge is 0.336 e.